The van der Waals surface area contributed by atoms with Crippen LogP contribution in [0.4, 0.5) is 10.2 Å². The smallest absolute Gasteiger partial charge is 0.296 e. The lowest BCUT2D eigenvalue weighted by Crippen LogP contribution is -2.48. The molecule has 1 aromatic heterocycles. The molecule has 0 amide bonds. The number of phenolic OH excluding ortho intramolecular Hbond substituents is 1. The maximum absolute atomic E-state index is 13.9. The molecule has 1 aromatic carbocycles. The van der Waals surface area contributed by atoms with E-state index in [1.807, 2.05) is 17.9 Å². The standard InChI is InChI=1S/C20H26FN5O2/c1-3-26-10-14(21)9-15(11-26)22-18-20(28)25(2)19(24-23-18)16-7-6-13(8-17(16)27)12-4-5-12/h6-8,12,14-15,27H,3-5,9-11H2,1-2H3,(H,22,23)/t14-,15-/m1/s1. The summed E-state index contributed by atoms with van der Waals surface area (Å²) in [5, 5.41) is 21.7. The van der Waals surface area contributed by atoms with Gasteiger partial charge in [-0.15, -0.1) is 10.2 Å². The highest BCUT2D eigenvalue weighted by molar-refractivity contribution is 5.65. The number of halogens is 1. The van der Waals surface area contributed by atoms with Crippen LogP contribution in [0, 0.1) is 0 Å². The highest BCUT2D eigenvalue weighted by Crippen LogP contribution is 2.42. The molecule has 28 heavy (non-hydrogen) atoms. The Labute approximate surface area is 163 Å². The first-order chi connectivity index (χ1) is 13.5. The zero-order valence-corrected chi connectivity index (χ0v) is 16.2. The number of nitrogens with one attached hydrogen (secondary N) is 1. The van der Waals surface area contributed by atoms with Crippen LogP contribution in [-0.4, -0.2) is 56.6 Å². The Balaban J connectivity index is 1.58. The second-order valence-electron chi connectivity index (χ2n) is 7.81. The van der Waals surface area contributed by atoms with Crippen molar-refractivity contribution in [2.45, 2.75) is 44.3 Å². The zero-order chi connectivity index (χ0) is 19.8. The van der Waals surface area contributed by atoms with Crippen LogP contribution in [0.2, 0.25) is 0 Å². The molecule has 0 spiro atoms. The molecule has 1 aliphatic carbocycles. The number of anilines is 1. The van der Waals surface area contributed by atoms with Crippen LogP contribution in [0.5, 0.6) is 5.75 Å². The third kappa shape index (κ3) is 3.73. The molecule has 150 valence electrons. The van der Waals surface area contributed by atoms with Gasteiger partial charge in [0.2, 0.25) is 5.82 Å². The van der Waals surface area contributed by atoms with Crippen molar-refractivity contribution in [3.8, 4) is 17.1 Å². The molecule has 2 aliphatic rings. The van der Waals surface area contributed by atoms with Crippen molar-refractivity contribution in [2.24, 2.45) is 7.05 Å². The molecule has 2 fully saturated rings. The van der Waals surface area contributed by atoms with E-state index in [0.717, 1.165) is 24.9 Å². The summed E-state index contributed by atoms with van der Waals surface area (Å²) in [7, 11) is 1.60. The number of aromatic nitrogens is 3. The fraction of sp³-hybridized carbons (Fsp3) is 0.550. The van der Waals surface area contributed by atoms with Gasteiger partial charge in [-0.2, -0.15) is 0 Å². The summed E-state index contributed by atoms with van der Waals surface area (Å²) in [6.07, 6.45) is 1.71. The predicted molar refractivity (Wildman–Crippen MR) is 105 cm³/mol. The van der Waals surface area contributed by atoms with E-state index in [0.29, 0.717) is 36.8 Å². The number of likely N-dealkylation sites (tertiary alicyclic amines) is 1. The topological polar surface area (TPSA) is 83.3 Å². The molecule has 1 aliphatic heterocycles. The van der Waals surface area contributed by atoms with E-state index in [2.05, 4.69) is 15.5 Å². The number of rotatable bonds is 5. The molecule has 0 radical (unpaired) electrons. The number of piperidine rings is 1. The van der Waals surface area contributed by atoms with Crippen LogP contribution >= 0.6 is 0 Å². The van der Waals surface area contributed by atoms with Gasteiger partial charge in [0.15, 0.2) is 5.82 Å². The molecule has 2 N–H and O–H groups in total. The average Bonchev–Trinajstić information content (AvgIpc) is 3.51. The number of benzene rings is 1. The van der Waals surface area contributed by atoms with Gasteiger partial charge in [0, 0.05) is 32.6 Å². The Bertz CT molecular complexity index is 927. The largest absolute Gasteiger partial charge is 0.507 e. The van der Waals surface area contributed by atoms with Crippen molar-refractivity contribution in [1.82, 2.24) is 19.7 Å². The van der Waals surface area contributed by atoms with Crippen molar-refractivity contribution < 1.29 is 9.50 Å². The molecular weight excluding hydrogens is 361 g/mol. The minimum Gasteiger partial charge on any atom is -0.507 e. The summed E-state index contributed by atoms with van der Waals surface area (Å²) < 4.78 is 15.3. The fourth-order valence-electron chi connectivity index (χ4n) is 3.88. The second-order valence-corrected chi connectivity index (χ2v) is 7.81. The monoisotopic (exact) mass is 387 g/mol. The first-order valence-electron chi connectivity index (χ1n) is 9.86. The second kappa shape index (κ2) is 7.50. The lowest BCUT2D eigenvalue weighted by atomic mass is 10.0. The molecule has 8 heteroatoms. The molecule has 4 rings (SSSR count). The van der Waals surface area contributed by atoms with Crippen LogP contribution in [0.3, 0.4) is 0 Å². The lowest BCUT2D eigenvalue weighted by molar-refractivity contribution is 0.134. The van der Waals surface area contributed by atoms with Crippen LogP contribution in [0.15, 0.2) is 23.0 Å². The van der Waals surface area contributed by atoms with Gasteiger partial charge >= 0.3 is 0 Å². The van der Waals surface area contributed by atoms with Gasteiger partial charge in [0.1, 0.15) is 11.9 Å². The van der Waals surface area contributed by atoms with Crippen LogP contribution < -0.4 is 10.9 Å². The Kier molecular flexibility index (Phi) is 5.05. The quantitative estimate of drug-likeness (QED) is 0.819. The van der Waals surface area contributed by atoms with Crippen molar-refractivity contribution >= 4 is 5.82 Å². The molecule has 0 unspecified atom stereocenters. The summed E-state index contributed by atoms with van der Waals surface area (Å²) in [5.74, 6) is 1.03. The minimum absolute atomic E-state index is 0.0977. The number of nitrogens with zero attached hydrogens (tertiary/aromatic N) is 4. The first-order valence-corrected chi connectivity index (χ1v) is 9.86. The molecule has 2 atom stereocenters. The molecule has 0 bridgehead atoms. The van der Waals surface area contributed by atoms with E-state index in [4.69, 9.17) is 0 Å². The van der Waals surface area contributed by atoms with E-state index in [-0.39, 0.29) is 23.2 Å². The van der Waals surface area contributed by atoms with Gasteiger partial charge in [-0.05, 0) is 43.0 Å². The van der Waals surface area contributed by atoms with Crippen molar-refractivity contribution in [3.63, 3.8) is 0 Å². The van der Waals surface area contributed by atoms with E-state index in [1.54, 1.807) is 19.2 Å². The third-order valence-electron chi connectivity index (χ3n) is 5.64. The van der Waals surface area contributed by atoms with Crippen LogP contribution in [0.1, 0.15) is 37.7 Å². The van der Waals surface area contributed by atoms with Crippen LogP contribution in [0.25, 0.3) is 11.4 Å². The summed E-state index contributed by atoms with van der Waals surface area (Å²) in [5.41, 5.74) is 1.23. The summed E-state index contributed by atoms with van der Waals surface area (Å²) >= 11 is 0. The fourth-order valence-corrected chi connectivity index (χ4v) is 3.88. The highest BCUT2D eigenvalue weighted by Gasteiger charge is 2.28. The Morgan fingerprint density at radius 1 is 1.29 bits per heavy atom. The summed E-state index contributed by atoms with van der Waals surface area (Å²) in [4.78, 5) is 14.8. The Hall–Kier alpha value is -2.48. The van der Waals surface area contributed by atoms with Crippen molar-refractivity contribution in [3.05, 3.63) is 34.1 Å². The van der Waals surface area contributed by atoms with Crippen LogP contribution in [-0.2, 0) is 7.05 Å². The number of aromatic hydroxyl groups is 1. The number of alkyl halides is 1. The Morgan fingerprint density at radius 3 is 2.75 bits per heavy atom. The molecule has 7 nitrogen and oxygen atoms in total. The van der Waals surface area contributed by atoms with Gasteiger partial charge in [-0.25, -0.2) is 4.39 Å². The van der Waals surface area contributed by atoms with E-state index in [9.17, 15) is 14.3 Å². The van der Waals surface area contributed by atoms with Gasteiger partial charge < -0.3 is 10.4 Å². The molecule has 1 saturated carbocycles. The minimum atomic E-state index is -0.927. The van der Waals surface area contributed by atoms with Gasteiger partial charge in [-0.1, -0.05) is 13.0 Å². The molecule has 2 aromatic rings. The number of phenols is 1. The number of hydrogen-bond acceptors (Lipinski definition) is 6. The van der Waals surface area contributed by atoms with Gasteiger partial charge in [-0.3, -0.25) is 14.3 Å². The number of hydrogen-bond donors (Lipinski definition) is 2. The summed E-state index contributed by atoms with van der Waals surface area (Å²) in [6, 6.07) is 5.30. The van der Waals surface area contributed by atoms with E-state index < -0.39 is 6.17 Å². The predicted octanol–water partition coefficient (Wildman–Crippen LogP) is 2.27. The zero-order valence-electron chi connectivity index (χ0n) is 16.2. The molecule has 2 heterocycles. The first kappa shape index (κ1) is 18.9. The van der Waals surface area contributed by atoms with Gasteiger partial charge in [0.05, 0.1) is 5.56 Å². The SMILES string of the molecule is CCN1C[C@H](F)C[C@@H](Nc2nnc(-c3ccc(C4CC4)cc3O)n(C)c2=O)C1. The normalized spacial score (nSPS) is 23.0. The third-order valence-corrected chi connectivity index (χ3v) is 5.64. The Morgan fingerprint density at radius 2 is 2.07 bits per heavy atom. The molecular formula is C20H26FN5O2. The lowest BCUT2D eigenvalue weighted by Gasteiger charge is -2.34. The average molecular weight is 387 g/mol. The number of likely N-dealkylation sites (N-methyl/N-ethyl adjacent to an activating group) is 1. The van der Waals surface area contributed by atoms with Crippen molar-refractivity contribution in [2.75, 3.05) is 25.0 Å². The van der Waals surface area contributed by atoms with E-state index in [1.165, 1.54) is 4.57 Å². The van der Waals surface area contributed by atoms with E-state index >= 15 is 0 Å². The maximum Gasteiger partial charge on any atom is 0.296 e. The van der Waals surface area contributed by atoms with Crippen molar-refractivity contribution in [1.29, 1.82) is 0 Å². The maximum atomic E-state index is 13.9. The molecule has 1 saturated heterocycles. The van der Waals surface area contributed by atoms with Gasteiger partial charge in [0.25, 0.3) is 5.56 Å². The highest BCUT2D eigenvalue weighted by atomic mass is 19.1. The summed E-state index contributed by atoms with van der Waals surface area (Å²) in [6.45, 7) is 3.83.